The minimum Gasteiger partial charge on any atom is -0.493 e. The van der Waals surface area contributed by atoms with Crippen LogP contribution in [-0.2, 0) is 0 Å². The second-order valence-electron chi connectivity index (χ2n) is 7.94. The molecule has 0 fully saturated rings. The molecule has 0 aliphatic carbocycles. The maximum Gasteiger partial charge on any atom is 0.258 e. The number of ether oxygens (including phenoxy) is 2. The highest BCUT2D eigenvalue weighted by Gasteiger charge is 2.33. The summed E-state index contributed by atoms with van der Waals surface area (Å²) in [6.45, 7) is 7.06. The average Bonchev–Trinajstić information content (AvgIpc) is 3.31. The van der Waals surface area contributed by atoms with Gasteiger partial charge in [-0.2, -0.15) is 4.98 Å². The number of allylic oxidation sites excluding steroid dienone is 1. The number of hydrogen-bond acceptors (Lipinski definition) is 6. The molecule has 0 amide bonds. The molecule has 3 aromatic rings. The van der Waals surface area contributed by atoms with Crippen LogP contribution in [0.2, 0.25) is 0 Å². The van der Waals surface area contributed by atoms with Crippen molar-refractivity contribution in [3.05, 3.63) is 65.2 Å². The molecule has 4 rings (SSSR count). The average molecular weight is 465 g/mol. The molecule has 0 spiro atoms. The molecular formula is C25H28N4O3S. The molecule has 0 saturated carbocycles. The van der Waals surface area contributed by atoms with E-state index in [1.54, 1.807) is 14.2 Å². The molecule has 1 atom stereocenters. The summed E-state index contributed by atoms with van der Waals surface area (Å²) < 4.78 is 16.6. The summed E-state index contributed by atoms with van der Waals surface area (Å²) in [5, 5.41) is 8.44. The smallest absolute Gasteiger partial charge is 0.258 e. The Bertz CT molecular complexity index is 1190. The van der Waals surface area contributed by atoms with Gasteiger partial charge < -0.3 is 24.2 Å². The Kier molecular flexibility index (Phi) is 6.65. The van der Waals surface area contributed by atoms with Crippen molar-refractivity contribution in [1.29, 1.82) is 0 Å². The second-order valence-corrected chi connectivity index (χ2v) is 8.32. The quantitative estimate of drug-likeness (QED) is 0.482. The van der Waals surface area contributed by atoms with Gasteiger partial charge in [-0.05, 0) is 56.2 Å². The van der Waals surface area contributed by atoms with Crippen molar-refractivity contribution in [2.75, 3.05) is 20.8 Å². The number of aromatic nitrogens is 2. The number of hydrogen-bond donors (Lipinski definition) is 1. The van der Waals surface area contributed by atoms with E-state index in [1.165, 1.54) is 5.56 Å². The predicted octanol–water partition coefficient (Wildman–Crippen LogP) is 5.13. The van der Waals surface area contributed by atoms with Gasteiger partial charge in [0.1, 0.15) is 0 Å². The van der Waals surface area contributed by atoms with Gasteiger partial charge in [0, 0.05) is 17.8 Å². The summed E-state index contributed by atoms with van der Waals surface area (Å²) in [5.74, 6) is 2.18. The van der Waals surface area contributed by atoms with Crippen molar-refractivity contribution in [3.8, 4) is 22.9 Å². The molecule has 1 aliphatic rings. The molecule has 2 heterocycles. The van der Waals surface area contributed by atoms with Crippen LogP contribution in [0.25, 0.3) is 17.0 Å². The fourth-order valence-electron chi connectivity index (χ4n) is 3.99. The molecule has 33 heavy (non-hydrogen) atoms. The van der Waals surface area contributed by atoms with Crippen molar-refractivity contribution < 1.29 is 14.0 Å². The lowest BCUT2D eigenvalue weighted by molar-refractivity contribution is 0.355. The molecule has 172 valence electrons. The van der Waals surface area contributed by atoms with Crippen molar-refractivity contribution in [2.24, 2.45) is 0 Å². The van der Waals surface area contributed by atoms with Gasteiger partial charge >= 0.3 is 0 Å². The molecular weight excluding hydrogens is 436 g/mol. The van der Waals surface area contributed by atoms with E-state index in [0.717, 1.165) is 35.4 Å². The van der Waals surface area contributed by atoms with E-state index in [9.17, 15) is 0 Å². The zero-order chi connectivity index (χ0) is 23.5. The first kappa shape index (κ1) is 22.8. The number of nitrogens with zero attached hydrogens (tertiary/aromatic N) is 3. The highest BCUT2D eigenvalue weighted by Crippen LogP contribution is 2.38. The topological polar surface area (TPSA) is 72.7 Å². The maximum absolute atomic E-state index is 5.80. The summed E-state index contributed by atoms with van der Waals surface area (Å²) in [7, 11) is 3.20. The summed E-state index contributed by atoms with van der Waals surface area (Å²) in [6, 6.07) is 13.7. The Balaban J connectivity index is 1.79. The fourth-order valence-corrected chi connectivity index (χ4v) is 4.33. The normalized spacial score (nSPS) is 16.1. The zero-order valence-electron chi connectivity index (χ0n) is 19.5. The number of aryl methyl sites for hydroxylation is 1. The van der Waals surface area contributed by atoms with Crippen LogP contribution in [0.5, 0.6) is 11.5 Å². The molecule has 7 nitrogen and oxygen atoms in total. The molecule has 0 saturated heterocycles. The minimum absolute atomic E-state index is 0.190. The number of thiocarbonyl (C=S) groups is 1. The largest absolute Gasteiger partial charge is 0.493 e. The lowest BCUT2D eigenvalue weighted by Gasteiger charge is -2.37. The monoisotopic (exact) mass is 464 g/mol. The zero-order valence-corrected chi connectivity index (χ0v) is 20.3. The van der Waals surface area contributed by atoms with Crippen LogP contribution in [0.1, 0.15) is 43.3 Å². The van der Waals surface area contributed by atoms with E-state index in [1.807, 2.05) is 18.2 Å². The third kappa shape index (κ3) is 4.43. The van der Waals surface area contributed by atoms with Crippen LogP contribution in [-0.4, -0.2) is 40.9 Å². The van der Waals surface area contributed by atoms with Crippen molar-refractivity contribution in [2.45, 2.75) is 33.2 Å². The fraction of sp³-hybridized carbons (Fsp3) is 0.320. The van der Waals surface area contributed by atoms with Crippen molar-refractivity contribution in [1.82, 2.24) is 20.4 Å². The van der Waals surface area contributed by atoms with Gasteiger partial charge in [-0.1, -0.05) is 41.9 Å². The SMILES string of the molecule is CCCN1C(=S)NC(c2ccc(C)cc2)C(c2nc(-c3ccc(OC)c(OC)c3)no2)=C1C. The van der Waals surface area contributed by atoms with Gasteiger partial charge in [0.2, 0.25) is 5.82 Å². The van der Waals surface area contributed by atoms with E-state index < -0.39 is 0 Å². The van der Waals surface area contributed by atoms with Crippen LogP contribution in [0.4, 0.5) is 0 Å². The van der Waals surface area contributed by atoms with E-state index >= 15 is 0 Å². The first-order valence-corrected chi connectivity index (χ1v) is 11.3. The molecule has 1 aliphatic heterocycles. The van der Waals surface area contributed by atoms with E-state index in [2.05, 4.69) is 60.4 Å². The Labute approximate surface area is 199 Å². The molecule has 2 aromatic carbocycles. The Morgan fingerprint density at radius 3 is 2.45 bits per heavy atom. The van der Waals surface area contributed by atoms with Gasteiger partial charge in [0.25, 0.3) is 5.89 Å². The molecule has 1 aromatic heterocycles. The van der Waals surface area contributed by atoms with Crippen LogP contribution >= 0.6 is 12.2 Å². The van der Waals surface area contributed by atoms with Crippen LogP contribution in [0.3, 0.4) is 0 Å². The molecule has 1 unspecified atom stereocenters. The summed E-state index contributed by atoms with van der Waals surface area (Å²) in [4.78, 5) is 6.85. The number of benzene rings is 2. The van der Waals surface area contributed by atoms with Gasteiger partial charge in [-0.3, -0.25) is 0 Å². The highest BCUT2D eigenvalue weighted by atomic mass is 32.1. The van der Waals surface area contributed by atoms with Gasteiger partial charge in [-0.15, -0.1) is 0 Å². The molecule has 0 radical (unpaired) electrons. The van der Waals surface area contributed by atoms with Crippen molar-refractivity contribution in [3.63, 3.8) is 0 Å². The highest BCUT2D eigenvalue weighted by molar-refractivity contribution is 7.80. The number of rotatable bonds is 7. The predicted molar refractivity (Wildman–Crippen MR) is 132 cm³/mol. The van der Waals surface area contributed by atoms with Crippen LogP contribution < -0.4 is 14.8 Å². The van der Waals surface area contributed by atoms with Gasteiger partial charge in [0.05, 0.1) is 25.8 Å². The van der Waals surface area contributed by atoms with Crippen molar-refractivity contribution >= 4 is 22.9 Å². The number of nitrogens with one attached hydrogen (secondary N) is 1. The number of methoxy groups -OCH3 is 2. The second kappa shape index (κ2) is 9.62. The first-order chi connectivity index (χ1) is 16.0. The minimum atomic E-state index is -0.190. The summed E-state index contributed by atoms with van der Waals surface area (Å²) in [6.07, 6.45) is 0.961. The summed E-state index contributed by atoms with van der Waals surface area (Å²) >= 11 is 5.70. The lowest BCUT2D eigenvalue weighted by Crippen LogP contribution is -2.46. The lowest BCUT2D eigenvalue weighted by atomic mass is 9.94. The Hall–Kier alpha value is -3.39. The van der Waals surface area contributed by atoms with Crippen LogP contribution in [0.15, 0.2) is 52.7 Å². The van der Waals surface area contributed by atoms with E-state index in [4.69, 9.17) is 31.2 Å². The first-order valence-electron chi connectivity index (χ1n) is 10.9. The van der Waals surface area contributed by atoms with Gasteiger partial charge in [-0.25, -0.2) is 0 Å². The van der Waals surface area contributed by atoms with E-state index in [-0.39, 0.29) is 6.04 Å². The Morgan fingerprint density at radius 1 is 1.06 bits per heavy atom. The third-order valence-electron chi connectivity index (χ3n) is 5.75. The van der Waals surface area contributed by atoms with E-state index in [0.29, 0.717) is 28.3 Å². The maximum atomic E-state index is 5.80. The van der Waals surface area contributed by atoms with Crippen LogP contribution in [0, 0.1) is 6.92 Å². The molecule has 8 heteroatoms. The standard InChI is InChI=1S/C25H28N4O3S/c1-6-13-29-16(3)21(22(26-25(29)33)17-9-7-15(2)8-10-17)24-27-23(28-32-24)18-11-12-19(30-4)20(14-18)31-5/h7-12,14,22H,6,13H2,1-5H3,(H,26,33). The van der Waals surface area contributed by atoms with Gasteiger partial charge in [0.15, 0.2) is 16.6 Å². The summed E-state index contributed by atoms with van der Waals surface area (Å²) in [5.41, 5.74) is 4.98. The Morgan fingerprint density at radius 2 is 1.79 bits per heavy atom. The molecule has 0 bridgehead atoms. The third-order valence-corrected chi connectivity index (χ3v) is 6.09. The molecule has 1 N–H and O–H groups in total.